The summed E-state index contributed by atoms with van der Waals surface area (Å²) in [5.74, 6) is -0.0645. The Bertz CT molecular complexity index is 598. The summed E-state index contributed by atoms with van der Waals surface area (Å²) >= 11 is 0. The standard InChI is InChI=1S/C16H17NO/c1-4-16(3,17-12(2)18)15-11-7-9-13-8-5-6-10-14(13)15/h4-11H,1H2,2-3H3,(H,17,18). The number of carbonyl (C=O) groups excluding carboxylic acids is 1. The molecule has 1 N–H and O–H groups in total. The predicted octanol–water partition coefficient (Wildman–Crippen LogP) is 3.38. The number of amides is 1. The Labute approximate surface area is 107 Å². The Balaban J connectivity index is 2.65. The molecule has 0 aromatic heterocycles. The van der Waals surface area contributed by atoms with Crippen molar-refractivity contribution in [3.05, 3.63) is 60.7 Å². The molecule has 0 fully saturated rings. The lowest BCUT2D eigenvalue weighted by atomic mass is 9.88. The van der Waals surface area contributed by atoms with Crippen molar-refractivity contribution in [2.75, 3.05) is 0 Å². The molecule has 1 atom stereocenters. The van der Waals surface area contributed by atoms with E-state index >= 15 is 0 Å². The van der Waals surface area contributed by atoms with Gasteiger partial charge in [0.25, 0.3) is 0 Å². The first kappa shape index (κ1) is 12.4. The van der Waals surface area contributed by atoms with E-state index in [1.165, 1.54) is 6.92 Å². The summed E-state index contributed by atoms with van der Waals surface area (Å²) < 4.78 is 0. The van der Waals surface area contributed by atoms with E-state index in [0.29, 0.717) is 0 Å². The normalized spacial score (nSPS) is 13.9. The van der Waals surface area contributed by atoms with Gasteiger partial charge in [0.2, 0.25) is 5.91 Å². The van der Waals surface area contributed by atoms with Gasteiger partial charge in [-0.2, -0.15) is 0 Å². The molecule has 1 amide bonds. The first-order valence-electron chi connectivity index (χ1n) is 5.97. The molecule has 0 bridgehead atoms. The Morgan fingerprint density at radius 1 is 1.22 bits per heavy atom. The van der Waals surface area contributed by atoms with Crippen LogP contribution in [-0.2, 0) is 10.3 Å². The number of nitrogens with one attached hydrogen (secondary N) is 1. The summed E-state index contributed by atoms with van der Waals surface area (Å²) in [4.78, 5) is 11.4. The maximum atomic E-state index is 11.4. The van der Waals surface area contributed by atoms with Crippen LogP contribution >= 0.6 is 0 Å². The van der Waals surface area contributed by atoms with E-state index in [9.17, 15) is 4.79 Å². The van der Waals surface area contributed by atoms with Crippen LogP contribution in [0.3, 0.4) is 0 Å². The summed E-state index contributed by atoms with van der Waals surface area (Å²) in [5, 5.41) is 5.25. The molecule has 18 heavy (non-hydrogen) atoms. The van der Waals surface area contributed by atoms with Crippen molar-refractivity contribution in [2.45, 2.75) is 19.4 Å². The SMILES string of the molecule is C=CC(C)(NC(C)=O)c1cccc2ccccc12. The van der Waals surface area contributed by atoms with Crippen molar-refractivity contribution >= 4 is 16.7 Å². The molecule has 2 nitrogen and oxygen atoms in total. The molecule has 0 aliphatic rings. The van der Waals surface area contributed by atoms with Crippen molar-refractivity contribution < 1.29 is 4.79 Å². The average molecular weight is 239 g/mol. The van der Waals surface area contributed by atoms with Crippen molar-refractivity contribution in [3.8, 4) is 0 Å². The maximum Gasteiger partial charge on any atom is 0.217 e. The molecule has 0 aliphatic heterocycles. The molecule has 0 aliphatic carbocycles. The first-order valence-corrected chi connectivity index (χ1v) is 5.97. The second kappa shape index (κ2) is 4.65. The van der Waals surface area contributed by atoms with E-state index < -0.39 is 5.54 Å². The lowest BCUT2D eigenvalue weighted by molar-refractivity contribution is -0.120. The smallest absolute Gasteiger partial charge is 0.217 e. The molecule has 0 heterocycles. The zero-order chi connectivity index (χ0) is 13.2. The highest BCUT2D eigenvalue weighted by Crippen LogP contribution is 2.29. The summed E-state index contributed by atoms with van der Waals surface area (Å²) in [7, 11) is 0. The molecule has 0 spiro atoms. The van der Waals surface area contributed by atoms with Crippen LogP contribution in [0.15, 0.2) is 55.1 Å². The van der Waals surface area contributed by atoms with Crippen LogP contribution in [0, 0.1) is 0 Å². The Hall–Kier alpha value is -2.09. The molecule has 0 radical (unpaired) electrons. The molecule has 2 heteroatoms. The minimum Gasteiger partial charge on any atom is -0.344 e. The summed E-state index contributed by atoms with van der Waals surface area (Å²) in [6.07, 6.45) is 1.77. The van der Waals surface area contributed by atoms with Gasteiger partial charge >= 0.3 is 0 Å². The zero-order valence-electron chi connectivity index (χ0n) is 10.7. The molecular formula is C16H17NO. The fourth-order valence-corrected chi connectivity index (χ4v) is 2.27. The number of rotatable bonds is 3. The second-order valence-corrected chi connectivity index (χ2v) is 4.61. The van der Waals surface area contributed by atoms with Crippen LogP contribution in [0.25, 0.3) is 10.8 Å². The van der Waals surface area contributed by atoms with Gasteiger partial charge in [-0.05, 0) is 23.3 Å². The molecule has 0 saturated heterocycles. The molecule has 2 aromatic rings. The average Bonchev–Trinajstić information content (AvgIpc) is 2.37. The quantitative estimate of drug-likeness (QED) is 0.817. The first-order chi connectivity index (χ1) is 8.57. The predicted molar refractivity (Wildman–Crippen MR) is 75.3 cm³/mol. The number of carbonyl (C=O) groups is 1. The number of benzene rings is 2. The summed E-state index contributed by atoms with van der Waals surface area (Å²) in [6.45, 7) is 7.34. The largest absolute Gasteiger partial charge is 0.344 e. The highest BCUT2D eigenvalue weighted by Gasteiger charge is 2.25. The summed E-state index contributed by atoms with van der Waals surface area (Å²) in [6, 6.07) is 14.2. The number of hydrogen-bond acceptors (Lipinski definition) is 1. The fourth-order valence-electron chi connectivity index (χ4n) is 2.27. The van der Waals surface area contributed by atoms with Crippen LogP contribution in [0.1, 0.15) is 19.4 Å². The van der Waals surface area contributed by atoms with Crippen molar-refractivity contribution in [2.24, 2.45) is 0 Å². The van der Waals surface area contributed by atoms with E-state index in [4.69, 9.17) is 0 Å². The van der Waals surface area contributed by atoms with E-state index in [0.717, 1.165) is 16.3 Å². The molecule has 92 valence electrons. The monoisotopic (exact) mass is 239 g/mol. The molecule has 2 rings (SSSR count). The zero-order valence-corrected chi connectivity index (χ0v) is 10.7. The van der Waals surface area contributed by atoms with E-state index in [1.807, 2.05) is 31.2 Å². The number of fused-ring (bicyclic) bond motifs is 1. The van der Waals surface area contributed by atoms with Crippen molar-refractivity contribution in [1.82, 2.24) is 5.32 Å². The summed E-state index contributed by atoms with van der Waals surface area (Å²) in [5.41, 5.74) is 0.512. The minimum absolute atomic E-state index is 0.0645. The van der Waals surface area contributed by atoms with Gasteiger partial charge in [-0.1, -0.05) is 48.5 Å². The molecule has 1 unspecified atom stereocenters. The van der Waals surface area contributed by atoms with E-state index in [2.05, 4.69) is 30.1 Å². The van der Waals surface area contributed by atoms with Gasteiger partial charge in [0.1, 0.15) is 0 Å². The topological polar surface area (TPSA) is 29.1 Å². The van der Waals surface area contributed by atoms with Gasteiger partial charge in [-0.25, -0.2) is 0 Å². The van der Waals surface area contributed by atoms with Crippen LogP contribution in [0.4, 0.5) is 0 Å². The fraction of sp³-hybridized carbons (Fsp3) is 0.188. The number of hydrogen-bond donors (Lipinski definition) is 1. The van der Waals surface area contributed by atoms with Crippen molar-refractivity contribution in [1.29, 1.82) is 0 Å². The molecule has 0 saturated carbocycles. The van der Waals surface area contributed by atoms with Crippen LogP contribution in [-0.4, -0.2) is 5.91 Å². The lowest BCUT2D eigenvalue weighted by Crippen LogP contribution is -2.40. The van der Waals surface area contributed by atoms with Crippen LogP contribution in [0.2, 0.25) is 0 Å². The Kier molecular flexibility index (Phi) is 3.19. The molecule has 2 aromatic carbocycles. The van der Waals surface area contributed by atoms with Gasteiger partial charge in [0.05, 0.1) is 5.54 Å². The highest BCUT2D eigenvalue weighted by molar-refractivity contribution is 5.87. The van der Waals surface area contributed by atoms with Gasteiger partial charge in [0, 0.05) is 6.92 Å². The van der Waals surface area contributed by atoms with Crippen LogP contribution < -0.4 is 5.32 Å². The molecular weight excluding hydrogens is 222 g/mol. The van der Waals surface area contributed by atoms with Gasteiger partial charge in [-0.3, -0.25) is 4.79 Å². The third-order valence-electron chi connectivity index (χ3n) is 3.19. The van der Waals surface area contributed by atoms with E-state index in [-0.39, 0.29) is 5.91 Å². The van der Waals surface area contributed by atoms with Crippen molar-refractivity contribution in [3.63, 3.8) is 0 Å². The Morgan fingerprint density at radius 2 is 1.89 bits per heavy atom. The third kappa shape index (κ3) is 2.14. The van der Waals surface area contributed by atoms with Gasteiger partial charge in [-0.15, -0.1) is 6.58 Å². The third-order valence-corrected chi connectivity index (χ3v) is 3.19. The maximum absolute atomic E-state index is 11.4. The van der Waals surface area contributed by atoms with Gasteiger partial charge in [0.15, 0.2) is 0 Å². The Morgan fingerprint density at radius 3 is 2.56 bits per heavy atom. The highest BCUT2D eigenvalue weighted by atomic mass is 16.1. The van der Waals surface area contributed by atoms with Gasteiger partial charge < -0.3 is 5.32 Å². The minimum atomic E-state index is -0.549. The van der Waals surface area contributed by atoms with Crippen LogP contribution in [0.5, 0.6) is 0 Å². The van der Waals surface area contributed by atoms with E-state index in [1.54, 1.807) is 6.08 Å². The lowest BCUT2D eigenvalue weighted by Gasteiger charge is -2.28. The second-order valence-electron chi connectivity index (χ2n) is 4.61.